The van der Waals surface area contributed by atoms with Gasteiger partial charge in [-0.15, -0.1) is 0 Å². The van der Waals surface area contributed by atoms with Crippen LogP contribution in [0.5, 0.6) is 0 Å². The fourth-order valence-corrected chi connectivity index (χ4v) is 2.76. The molecule has 0 bridgehead atoms. The van der Waals surface area contributed by atoms with Gasteiger partial charge in [-0.1, -0.05) is 12.1 Å². The molecule has 0 spiro atoms. The van der Waals surface area contributed by atoms with Gasteiger partial charge < -0.3 is 5.73 Å². The highest BCUT2D eigenvalue weighted by Gasteiger charge is 2.35. The van der Waals surface area contributed by atoms with Crippen LogP contribution in [-0.4, -0.2) is 23.5 Å². The molecule has 1 aliphatic heterocycles. The smallest absolute Gasteiger partial charge is 0.126 e. The van der Waals surface area contributed by atoms with Crippen molar-refractivity contribution in [3.63, 3.8) is 0 Å². The van der Waals surface area contributed by atoms with Gasteiger partial charge in [0.25, 0.3) is 0 Å². The lowest BCUT2D eigenvalue weighted by Crippen LogP contribution is -2.49. The molecule has 18 heavy (non-hydrogen) atoms. The predicted molar refractivity (Wildman–Crippen MR) is 73.0 cm³/mol. The van der Waals surface area contributed by atoms with E-state index in [9.17, 15) is 4.39 Å². The average molecular weight is 250 g/mol. The Bertz CT molecular complexity index is 423. The fourth-order valence-electron chi connectivity index (χ4n) is 2.76. The van der Waals surface area contributed by atoms with Crippen molar-refractivity contribution in [2.75, 3.05) is 13.1 Å². The summed E-state index contributed by atoms with van der Waals surface area (Å²) in [5, 5.41) is 0. The van der Waals surface area contributed by atoms with E-state index in [0.717, 1.165) is 18.7 Å². The highest BCUT2D eigenvalue weighted by molar-refractivity contribution is 5.28. The van der Waals surface area contributed by atoms with E-state index in [1.165, 1.54) is 18.9 Å². The summed E-state index contributed by atoms with van der Waals surface area (Å²) in [6.07, 6.45) is 2.50. The number of nitrogens with two attached hydrogens (primary N) is 1. The average Bonchev–Trinajstić information content (AvgIpc) is 2.86. The van der Waals surface area contributed by atoms with Crippen molar-refractivity contribution >= 4 is 0 Å². The number of hydrogen-bond donors (Lipinski definition) is 1. The molecule has 2 nitrogen and oxygen atoms in total. The number of benzene rings is 1. The van der Waals surface area contributed by atoms with E-state index in [1.54, 1.807) is 6.92 Å². The molecule has 2 rings (SSSR count). The van der Waals surface area contributed by atoms with Crippen molar-refractivity contribution in [3.8, 4) is 0 Å². The molecule has 1 heterocycles. The van der Waals surface area contributed by atoms with Crippen LogP contribution >= 0.6 is 0 Å². The van der Waals surface area contributed by atoms with Crippen molar-refractivity contribution in [2.24, 2.45) is 5.73 Å². The zero-order chi connectivity index (χ0) is 13.3. The Morgan fingerprint density at radius 2 is 1.89 bits per heavy atom. The van der Waals surface area contributed by atoms with Gasteiger partial charge in [-0.3, -0.25) is 4.90 Å². The van der Waals surface area contributed by atoms with Crippen molar-refractivity contribution < 1.29 is 4.39 Å². The van der Waals surface area contributed by atoms with Gasteiger partial charge in [-0.25, -0.2) is 4.39 Å². The number of nitrogens with zero attached hydrogens (tertiary/aromatic N) is 1. The third-order valence-corrected chi connectivity index (χ3v) is 4.22. The van der Waals surface area contributed by atoms with Crippen LogP contribution in [0.1, 0.15) is 43.9 Å². The summed E-state index contributed by atoms with van der Waals surface area (Å²) in [4.78, 5) is 2.44. The fraction of sp³-hybridized carbons (Fsp3) is 0.600. The lowest BCUT2D eigenvalue weighted by atomic mass is 9.87. The Kier molecular flexibility index (Phi) is 3.74. The second-order valence-electron chi connectivity index (χ2n) is 5.83. The van der Waals surface area contributed by atoms with E-state index in [4.69, 9.17) is 5.73 Å². The number of hydrogen-bond acceptors (Lipinski definition) is 2. The molecule has 1 atom stereocenters. The summed E-state index contributed by atoms with van der Waals surface area (Å²) in [5.41, 5.74) is 8.01. The molecule has 0 aliphatic carbocycles. The van der Waals surface area contributed by atoms with E-state index in [0.29, 0.717) is 5.56 Å². The molecule has 1 unspecified atom stereocenters. The number of rotatable bonds is 3. The topological polar surface area (TPSA) is 29.3 Å². The van der Waals surface area contributed by atoms with Crippen LogP contribution in [0.15, 0.2) is 18.2 Å². The van der Waals surface area contributed by atoms with Crippen LogP contribution in [0.2, 0.25) is 0 Å². The van der Waals surface area contributed by atoms with Gasteiger partial charge in [0, 0.05) is 11.6 Å². The second-order valence-corrected chi connectivity index (χ2v) is 5.83. The highest BCUT2D eigenvalue weighted by Crippen LogP contribution is 2.32. The molecule has 1 aromatic carbocycles. The summed E-state index contributed by atoms with van der Waals surface area (Å²) in [6, 6.07) is 5.11. The SMILES string of the molecule is Cc1cc(C(N)C(C)(C)N2CCCC2)ccc1F. The molecule has 0 aromatic heterocycles. The summed E-state index contributed by atoms with van der Waals surface area (Å²) in [5.74, 6) is -0.162. The Morgan fingerprint density at radius 1 is 1.28 bits per heavy atom. The van der Waals surface area contributed by atoms with E-state index < -0.39 is 0 Å². The quantitative estimate of drug-likeness (QED) is 0.893. The lowest BCUT2D eigenvalue weighted by Gasteiger charge is -2.40. The van der Waals surface area contributed by atoms with Crippen LogP contribution in [0.4, 0.5) is 4.39 Å². The first kappa shape index (κ1) is 13.5. The van der Waals surface area contributed by atoms with Crippen molar-refractivity contribution in [3.05, 3.63) is 35.1 Å². The molecular formula is C15H23FN2. The molecule has 2 N–H and O–H groups in total. The zero-order valence-corrected chi connectivity index (χ0v) is 11.5. The summed E-state index contributed by atoms with van der Waals surface area (Å²) >= 11 is 0. The van der Waals surface area contributed by atoms with Gasteiger partial charge in [-0.05, 0) is 63.9 Å². The molecule has 0 amide bonds. The number of halogens is 1. The third kappa shape index (κ3) is 2.43. The van der Waals surface area contributed by atoms with Crippen molar-refractivity contribution in [1.82, 2.24) is 4.90 Å². The monoisotopic (exact) mass is 250 g/mol. The molecule has 0 radical (unpaired) electrons. The molecular weight excluding hydrogens is 227 g/mol. The highest BCUT2D eigenvalue weighted by atomic mass is 19.1. The summed E-state index contributed by atoms with van der Waals surface area (Å²) < 4.78 is 13.3. The molecule has 3 heteroatoms. The molecule has 0 saturated carbocycles. The van der Waals surface area contributed by atoms with Crippen LogP contribution < -0.4 is 5.73 Å². The lowest BCUT2D eigenvalue weighted by molar-refractivity contribution is 0.124. The minimum atomic E-state index is -0.162. The van der Waals surface area contributed by atoms with Crippen LogP contribution in [0, 0.1) is 12.7 Å². The van der Waals surface area contributed by atoms with E-state index >= 15 is 0 Å². The molecule has 1 aromatic rings. The normalized spacial score (nSPS) is 19.2. The summed E-state index contributed by atoms with van der Waals surface area (Å²) in [6.45, 7) is 8.37. The predicted octanol–water partition coefficient (Wildman–Crippen LogP) is 3.01. The minimum absolute atomic E-state index is 0.0826. The largest absolute Gasteiger partial charge is 0.322 e. The molecule has 1 aliphatic rings. The molecule has 100 valence electrons. The molecule has 1 fully saturated rings. The van der Waals surface area contributed by atoms with Gasteiger partial charge >= 0.3 is 0 Å². The first-order chi connectivity index (χ1) is 8.43. The van der Waals surface area contributed by atoms with Gasteiger partial charge in [0.05, 0.1) is 0 Å². The van der Waals surface area contributed by atoms with Crippen molar-refractivity contribution in [1.29, 1.82) is 0 Å². The number of aryl methyl sites for hydroxylation is 1. The van der Waals surface area contributed by atoms with E-state index in [-0.39, 0.29) is 17.4 Å². The molecule has 1 saturated heterocycles. The maximum Gasteiger partial charge on any atom is 0.126 e. The van der Waals surface area contributed by atoms with Crippen molar-refractivity contribution in [2.45, 2.75) is 45.2 Å². The zero-order valence-electron chi connectivity index (χ0n) is 11.5. The minimum Gasteiger partial charge on any atom is -0.322 e. The van der Waals surface area contributed by atoms with Crippen LogP contribution in [0.25, 0.3) is 0 Å². The van der Waals surface area contributed by atoms with Gasteiger partial charge in [0.15, 0.2) is 0 Å². The van der Waals surface area contributed by atoms with E-state index in [2.05, 4.69) is 18.7 Å². The van der Waals surface area contributed by atoms with E-state index in [1.807, 2.05) is 12.1 Å². The number of likely N-dealkylation sites (tertiary alicyclic amines) is 1. The third-order valence-electron chi connectivity index (χ3n) is 4.22. The Morgan fingerprint density at radius 3 is 2.44 bits per heavy atom. The van der Waals surface area contributed by atoms with Crippen LogP contribution in [0.3, 0.4) is 0 Å². The van der Waals surface area contributed by atoms with Crippen LogP contribution in [-0.2, 0) is 0 Å². The van der Waals surface area contributed by atoms with Gasteiger partial charge in [0.1, 0.15) is 5.82 Å². The summed E-state index contributed by atoms with van der Waals surface area (Å²) in [7, 11) is 0. The first-order valence-corrected chi connectivity index (χ1v) is 6.69. The Balaban J connectivity index is 2.23. The second kappa shape index (κ2) is 4.98. The van der Waals surface area contributed by atoms with Gasteiger partial charge in [0.2, 0.25) is 0 Å². The maximum atomic E-state index is 13.3. The Hall–Kier alpha value is -0.930. The van der Waals surface area contributed by atoms with Gasteiger partial charge in [-0.2, -0.15) is 0 Å². The maximum absolute atomic E-state index is 13.3. The first-order valence-electron chi connectivity index (χ1n) is 6.69. The Labute approximate surface area is 109 Å². The standard InChI is InChI=1S/C15H23FN2/c1-11-10-12(6-7-13(11)16)14(17)15(2,3)18-8-4-5-9-18/h6-7,10,14H,4-5,8-9,17H2,1-3H3.